The van der Waals surface area contributed by atoms with E-state index in [-0.39, 0.29) is 6.10 Å². The molecule has 0 saturated carbocycles. The van der Waals surface area contributed by atoms with Crippen LogP contribution in [0.1, 0.15) is 30.6 Å². The molecule has 0 aliphatic rings. The minimum Gasteiger partial charge on any atom is -0.382 e. The Balaban J connectivity index is 2.30. The van der Waals surface area contributed by atoms with Crippen LogP contribution < -0.4 is 5.32 Å². The monoisotopic (exact) mass is 258 g/mol. The minimum atomic E-state index is 0.240. The first kappa shape index (κ1) is 14.0. The van der Waals surface area contributed by atoms with E-state index >= 15 is 0 Å². The van der Waals surface area contributed by atoms with Gasteiger partial charge < -0.3 is 10.1 Å². The molecule has 1 aromatic heterocycles. The van der Waals surface area contributed by atoms with Gasteiger partial charge in [-0.1, -0.05) is 12.1 Å². The van der Waals surface area contributed by atoms with Gasteiger partial charge in [0.2, 0.25) is 0 Å². The van der Waals surface area contributed by atoms with Crippen LogP contribution in [0.3, 0.4) is 0 Å². The fraction of sp³-hybridized carbons (Fsp3) is 0.438. The van der Waals surface area contributed by atoms with Crippen molar-refractivity contribution >= 4 is 10.9 Å². The maximum atomic E-state index is 5.35. The Morgan fingerprint density at radius 2 is 2.05 bits per heavy atom. The van der Waals surface area contributed by atoms with Gasteiger partial charge in [0.25, 0.3) is 0 Å². The number of hydrogen-bond acceptors (Lipinski definition) is 3. The van der Waals surface area contributed by atoms with E-state index in [1.165, 1.54) is 10.9 Å². The molecule has 0 radical (unpaired) electrons. The number of rotatable bonds is 5. The number of pyridine rings is 1. The highest BCUT2D eigenvalue weighted by molar-refractivity contribution is 5.79. The quantitative estimate of drug-likeness (QED) is 0.894. The third kappa shape index (κ3) is 3.31. The molecule has 0 aliphatic carbocycles. The normalized spacial score (nSPS) is 14.5. The lowest BCUT2D eigenvalue weighted by molar-refractivity contribution is 0.101. The van der Waals surface area contributed by atoms with Crippen LogP contribution in [-0.2, 0) is 4.74 Å². The Kier molecular flexibility index (Phi) is 4.51. The van der Waals surface area contributed by atoms with Crippen LogP contribution in [-0.4, -0.2) is 25.2 Å². The molecule has 3 heteroatoms. The number of nitrogens with zero attached hydrogens (tertiary/aromatic N) is 1. The summed E-state index contributed by atoms with van der Waals surface area (Å²) in [5, 5.41) is 4.55. The van der Waals surface area contributed by atoms with E-state index in [9.17, 15) is 0 Å². The number of methoxy groups -OCH3 is 1. The van der Waals surface area contributed by atoms with Crippen molar-refractivity contribution in [1.82, 2.24) is 10.3 Å². The number of ether oxygens (including phenoxy) is 1. The van der Waals surface area contributed by atoms with E-state index in [1.807, 2.05) is 14.0 Å². The van der Waals surface area contributed by atoms with E-state index in [2.05, 4.69) is 47.6 Å². The summed E-state index contributed by atoms with van der Waals surface area (Å²) < 4.78 is 5.35. The number of hydrogen-bond donors (Lipinski definition) is 1. The molecular formula is C16H22N2O. The van der Waals surface area contributed by atoms with Crippen molar-refractivity contribution in [1.29, 1.82) is 0 Å². The Bertz CT molecular complexity index is 553. The number of benzene rings is 1. The summed E-state index contributed by atoms with van der Waals surface area (Å²) in [7, 11) is 3.75. The standard InChI is InChI=1S/C16H22N2O/c1-11-5-6-13-10-14(7-8-15(13)18-11)16(17-3)9-12(2)19-4/h5-8,10,12,16-17H,9H2,1-4H3. The van der Waals surface area contributed by atoms with E-state index in [0.29, 0.717) is 6.04 Å². The smallest absolute Gasteiger partial charge is 0.0705 e. The maximum absolute atomic E-state index is 5.35. The van der Waals surface area contributed by atoms with Crippen LogP contribution in [0.2, 0.25) is 0 Å². The van der Waals surface area contributed by atoms with Crippen molar-refractivity contribution in [3.63, 3.8) is 0 Å². The van der Waals surface area contributed by atoms with Crippen LogP contribution >= 0.6 is 0 Å². The SMILES string of the molecule is CNC(CC(C)OC)c1ccc2nc(C)ccc2c1. The van der Waals surface area contributed by atoms with Gasteiger partial charge in [-0.15, -0.1) is 0 Å². The molecule has 2 aromatic rings. The van der Waals surface area contributed by atoms with Gasteiger partial charge in [-0.25, -0.2) is 0 Å². The number of aryl methyl sites for hydroxylation is 1. The summed E-state index contributed by atoms with van der Waals surface area (Å²) >= 11 is 0. The van der Waals surface area contributed by atoms with E-state index in [0.717, 1.165) is 17.6 Å². The van der Waals surface area contributed by atoms with Gasteiger partial charge in [0.1, 0.15) is 0 Å². The summed E-state index contributed by atoms with van der Waals surface area (Å²) in [6, 6.07) is 11.0. The molecule has 19 heavy (non-hydrogen) atoms. The van der Waals surface area contributed by atoms with Crippen molar-refractivity contribution < 1.29 is 4.74 Å². The zero-order valence-corrected chi connectivity index (χ0v) is 12.1. The molecular weight excluding hydrogens is 236 g/mol. The number of fused-ring (bicyclic) bond motifs is 1. The van der Waals surface area contributed by atoms with Gasteiger partial charge in [-0.05, 0) is 51.1 Å². The third-order valence-electron chi connectivity index (χ3n) is 3.57. The van der Waals surface area contributed by atoms with Crippen molar-refractivity contribution in [3.8, 4) is 0 Å². The summed E-state index contributed by atoms with van der Waals surface area (Å²) in [5.41, 5.74) is 3.39. The fourth-order valence-electron chi connectivity index (χ4n) is 2.31. The van der Waals surface area contributed by atoms with Crippen molar-refractivity contribution in [2.75, 3.05) is 14.2 Å². The molecule has 0 fully saturated rings. The lowest BCUT2D eigenvalue weighted by Gasteiger charge is -2.20. The second-order valence-electron chi connectivity index (χ2n) is 5.03. The fourth-order valence-corrected chi connectivity index (χ4v) is 2.31. The van der Waals surface area contributed by atoms with Gasteiger partial charge in [-0.2, -0.15) is 0 Å². The highest BCUT2D eigenvalue weighted by atomic mass is 16.5. The molecule has 3 nitrogen and oxygen atoms in total. The second-order valence-corrected chi connectivity index (χ2v) is 5.03. The number of nitrogens with one attached hydrogen (secondary N) is 1. The summed E-state index contributed by atoms with van der Waals surface area (Å²) in [5.74, 6) is 0. The topological polar surface area (TPSA) is 34.1 Å². The molecule has 102 valence electrons. The van der Waals surface area contributed by atoms with E-state index in [1.54, 1.807) is 7.11 Å². The van der Waals surface area contributed by atoms with Gasteiger partial charge in [-0.3, -0.25) is 4.98 Å². The Morgan fingerprint density at radius 1 is 1.26 bits per heavy atom. The van der Waals surface area contributed by atoms with Gasteiger partial charge in [0.05, 0.1) is 11.6 Å². The highest BCUT2D eigenvalue weighted by Crippen LogP contribution is 2.23. The van der Waals surface area contributed by atoms with Crippen molar-refractivity contribution in [2.45, 2.75) is 32.4 Å². The highest BCUT2D eigenvalue weighted by Gasteiger charge is 2.13. The van der Waals surface area contributed by atoms with Crippen LogP contribution in [0.25, 0.3) is 10.9 Å². The van der Waals surface area contributed by atoms with Gasteiger partial charge in [0, 0.05) is 24.2 Å². The second kappa shape index (κ2) is 6.13. The first-order valence-corrected chi connectivity index (χ1v) is 6.71. The minimum absolute atomic E-state index is 0.240. The van der Waals surface area contributed by atoms with Crippen LogP contribution in [0.4, 0.5) is 0 Å². The maximum Gasteiger partial charge on any atom is 0.0705 e. The molecule has 0 saturated heterocycles. The molecule has 1 aromatic carbocycles. The first-order valence-electron chi connectivity index (χ1n) is 6.71. The van der Waals surface area contributed by atoms with Crippen molar-refractivity contribution in [2.24, 2.45) is 0 Å². The Labute approximate surface area is 115 Å². The van der Waals surface area contributed by atoms with Crippen LogP contribution in [0.5, 0.6) is 0 Å². The van der Waals surface area contributed by atoms with Gasteiger partial charge in [0.15, 0.2) is 0 Å². The molecule has 2 atom stereocenters. The third-order valence-corrected chi connectivity index (χ3v) is 3.57. The first-order chi connectivity index (χ1) is 9.13. The summed E-state index contributed by atoms with van der Waals surface area (Å²) in [6.45, 7) is 4.11. The molecule has 0 amide bonds. The zero-order chi connectivity index (χ0) is 13.8. The van der Waals surface area contributed by atoms with E-state index < -0.39 is 0 Å². The number of aromatic nitrogens is 1. The molecule has 1 heterocycles. The molecule has 0 spiro atoms. The lowest BCUT2D eigenvalue weighted by atomic mass is 9.99. The predicted octanol–water partition coefficient (Wildman–Crippen LogP) is 3.23. The average molecular weight is 258 g/mol. The Hall–Kier alpha value is -1.45. The molecule has 0 bridgehead atoms. The summed E-state index contributed by atoms with van der Waals surface area (Å²) in [6.07, 6.45) is 1.20. The van der Waals surface area contributed by atoms with Crippen LogP contribution in [0.15, 0.2) is 30.3 Å². The summed E-state index contributed by atoms with van der Waals surface area (Å²) in [4.78, 5) is 4.53. The van der Waals surface area contributed by atoms with Crippen molar-refractivity contribution in [3.05, 3.63) is 41.6 Å². The van der Waals surface area contributed by atoms with E-state index in [4.69, 9.17) is 4.74 Å². The predicted molar refractivity (Wildman–Crippen MR) is 79.4 cm³/mol. The largest absolute Gasteiger partial charge is 0.382 e. The van der Waals surface area contributed by atoms with Crippen LogP contribution in [0, 0.1) is 6.92 Å². The Morgan fingerprint density at radius 3 is 2.74 bits per heavy atom. The molecule has 2 unspecified atom stereocenters. The van der Waals surface area contributed by atoms with Gasteiger partial charge >= 0.3 is 0 Å². The average Bonchev–Trinajstić information content (AvgIpc) is 2.43. The molecule has 0 aliphatic heterocycles. The molecule has 2 rings (SSSR count). The molecule has 1 N–H and O–H groups in total. The zero-order valence-electron chi connectivity index (χ0n) is 12.1. The lowest BCUT2D eigenvalue weighted by Crippen LogP contribution is -2.21.